The molecule has 0 bridgehead atoms. The number of para-hydroxylation sites is 1. The molecule has 0 heterocycles. The number of amides is 2. The molecule has 0 radical (unpaired) electrons. The van der Waals surface area contributed by atoms with Gasteiger partial charge < -0.3 is 20.6 Å². The molecule has 116 valence electrons. The summed E-state index contributed by atoms with van der Waals surface area (Å²) in [5.74, 6) is -0.852. The van der Waals surface area contributed by atoms with Crippen LogP contribution in [0.5, 0.6) is 0 Å². The van der Waals surface area contributed by atoms with Crippen LogP contribution in [0.25, 0.3) is 0 Å². The first-order valence-corrected chi connectivity index (χ1v) is 7.02. The maximum Gasteiger partial charge on any atom is 0.314 e. The van der Waals surface area contributed by atoms with Gasteiger partial charge in [0, 0.05) is 38.3 Å². The summed E-state index contributed by atoms with van der Waals surface area (Å²) in [5, 5.41) is 13.9. The van der Waals surface area contributed by atoms with E-state index in [0.717, 1.165) is 5.69 Å². The number of nitrogens with one attached hydrogen (secondary N) is 2. The van der Waals surface area contributed by atoms with Gasteiger partial charge in [0.1, 0.15) is 0 Å². The molecule has 1 rings (SSSR count). The van der Waals surface area contributed by atoms with E-state index in [4.69, 9.17) is 5.11 Å². The van der Waals surface area contributed by atoms with Crippen molar-refractivity contribution in [1.29, 1.82) is 0 Å². The van der Waals surface area contributed by atoms with Gasteiger partial charge in [-0.15, -0.1) is 0 Å². The molecule has 6 heteroatoms. The highest BCUT2D eigenvalue weighted by Crippen LogP contribution is 2.13. The lowest BCUT2D eigenvalue weighted by Gasteiger charge is -2.27. The number of carbonyl (C=O) groups excluding carboxylic acids is 1. The second kappa shape index (κ2) is 8.84. The van der Waals surface area contributed by atoms with E-state index in [1.807, 2.05) is 44.3 Å². The Bertz CT molecular complexity index is 451. The zero-order chi connectivity index (χ0) is 15.7. The van der Waals surface area contributed by atoms with Crippen LogP contribution in [0.3, 0.4) is 0 Å². The Morgan fingerprint density at radius 3 is 2.52 bits per heavy atom. The molecular weight excluding hydrogens is 270 g/mol. The summed E-state index contributed by atoms with van der Waals surface area (Å²) < 4.78 is 0. The molecule has 1 aromatic carbocycles. The molecule has 0 aromatic heterocycles. The van der Waals surface area contributed by atoms with Crippen LogP contribution in [0.15, 0.2) is 30.3 Å². The number of hydrogen-bond donors (Lipinski definition) is 3. The third kappa shape index (κ3) is 6.65. The minimum absolute atomic E-state index is 0.0629. The van der Waals surface area contributed by atoms with Crippen molar-refractivity contribution in [1.82, 2.24) is 10.6 Å². The van der Waals surface area contributed by atoms with E-state index in [1.54, 1.807) is 0 Å². The van der Waals surface area contributed by atoms with E-state index < -0.39 is 5.97 Å². The molecule has 0 saturated carbocycles. The fraction of sp³-hybridized carbons (Fsp3) is 0.467. The van der Waals surface area contributed by atoms with Gasteiger partial charge in [-0.25, -0.2) is 4.79 Å². The highest BCUT2D eigenvalue weighted by Gasteiger charge is 2.10. The monoisotopic (exact) mass is 293 g/mol. The summed E-state index contributed by atoms with van der Waals surface area (Å²) in [6, 6.07) is 9.82. The maximum absolute atomic E-state index is 11.6. The number of rotatable bonds is 8. The summed E-state index contributed by atoms with van der Waals surface area (Å²) in [6.45, 7) is 2.90. The van der Waals surface area contributed by atoms with Crippen LogP contribution in [0.4, 0.5) is 10.5 Å². The number of urea groups is 1. The van der Waals surface area contributed by atoms with Crippen molar-refractivity contribution in [2.24, 2.45) is 0 Å². The molecule has 2 amide bonds. The van der Waals surface area contributed by atoms with Crippen molar-refractivity contribution in [3.05, 3.63) is 30.3 Å². The highest BCUT2D eigenvalue weighted by molar-refractivity contribution is 5.74. The Morgan fingerprint density at radius 2 is 1.90 bits per heavy atom. The van der Waals surface area contributed by atoms with Gasteiger partial charge in [0.2, 0.25) is 0 Å². The standard InChI is InChI=1S/C15H23N3O3/c1-12(18(2)13-7-4-3-5-8-13)11-17-15(21)16-10-6-9-14(19)20/h3-5,7-8,12H,6,9-11H2,1-2H3,(H,19,20)(H2,16,17,21). The van der Waals surface area contributed by atoms with Crippen molar-refractivity contribution in [2.75, 3.05) is 25.0 Å². The SMILES string of the molecule is CC(CNC(=O)NCCCC(=O)O)N(C)c1ccccc1. The summed E-state index contributed by atoms with van der Waals surface area (Å²) in [7, 11) is 1.98. The minimum atomic E-state index is -0.852. The summed E-state index contributed by atoms with van der Waals surface area (Å²) in [6.07, 6.45) is 0.496. The van der Waals surface area contributed by atoms with E-state index in [-0.39, 0.29) is 18.5 Å². The first kappa shape index (κ1) is 16.8. The second-order valence-electron chi connectivity index (χ2n) is 4.93. The van der Waals surface area contributed by atoms with Crippen LogP contribution in [-0.2, 0) is 4.79 Å². The molecule has 1 unspecified atom stereocenters. The van der Waals surface area contributed by atoms with Crippen molar-refractivity contribution < 1.29 is 14.7 Å². The maximum atomic E-state index is 11.6. The lowest BCUT2D eigenvalue weighted by Crippen LogP contribution is -2.44. The Balaban J connectivity index is 2.24. The topological polar surface area (TPSA) is 81.7 Å². The number of nitrogens with zero attached hydrogens (tertiary/aromatic N) is 1. The average molecular weight is 293 g/mol. The zero-order valence-electron chi connectivity index (χ0n) is 12.5. The van der Waals surface area contributed by atoms with Gasteiger partial charge in [-0.05, 0) is 25.5 Å². The van der Waals surface area contributed by atoms with Crippen LogP contribution in [0.1, 0.15) is 19.8 Å². The van der Waals surface area contributed by atoms with Gasteiger partial charge in [0.15, 0.2) is 0 Å². The fourth-order valence-electron chi connectivity index (χ4n) is 1.80. The van der Waals surface area contributed by atoms with Crippen molar-refractivity contribution in [3.63, 3.8) is 0 Å². The number of likely N-dealkylation sites (N-methyl/N-ethyl adjacent to an activating group) is 1. The molecule has 0 saturated heterocycles. The van der Waals surface area contributed by atoms with E-state index in [1.165, 1.54) is 0 Å². The Labute approximate surface area is 125 Å². The Morgan fingerprint density at radius 1 is 1.24 bits per heavy atom. The van der Waals surface area contributed by atoms with Crippen LogP contribution in [0, 0.1) is 0 Å². The summed E-state index contributed by atoms with van der Waals surface area (Å²) >= 11 is 0. The lowest BCUT2D eigenvalue weighted by atomic mass is 10.2. The number of carboxylic acids is 1. The average Bonchev–Trinajstić information content (AvgIpc) is 2.49. The molecule has 1 aromatic rings. The Hall–Kier alpha value is -2.24. The van der Waals surface area contributed by atoms with Gasteiger partial charge in [0.25, 0.3) is 0 Å². The molecule has 0 aliphatic heterocycles. The Kier molecular flexibility index (Phi) is 7.08. The van der Waals surface area contributed by atoms with Crippen LogP contribution < -0.4 is 15.5 Å². The number of benzene rings is 1. The van der Waals surface area contributed by atoms with Crippen molar-refractivity contribution in [3.8, 4) is 0 Å². The number of aliphatic carboxylic acids is 1. The third-order valence-electron chi connectivity index (χ3n) is 3.24. The molecule has 0 spiro atoms. The van der Waals surface area contributed by atoms with Gasteiger partial charge >= 0.3 is 12.0 Å². The molecule has 21 heavy (non-hydrogen) atoms. The molecule has 6 nitrogen and oxygen atoms in total. The predicted octanol–water partition coefficient (Wildman–Crippen LogP) is 1.68. The van der Waals surface area contributed by atoms with Crippen molar-refractivity contribution >= 4 is 17.7 Å². The molecule has 1 atom stereocenters. The van der Waals surface area contributed by atoms with E-state index in [0.29, 0.717) is 19.5 Å². The molecule has 0 aliphatic rings. The smallest absolute Gasteiger partial charge is 0.314 e. The zero-order valence-corrected chi connectivity index (χ0v) is 12.5. The first-order valence-electron chi connectivity index (χ1n) is 7.02. The normalized spacial score (nSPS) is 11.5. The van der Waals surface area contributed by atoms with Gasteiger partial charge in [-0.1, -0.05) is 18.2 Å². The van der Waals surface area contributed by atoms with E-state index in [2.05, 4.69) is 15.5 Å². The van der Waals surface area contributed by atoms with Crippen LogP contribution in [0.2, 0.25) is 0 Å². The lowest BCUT2D eigenvalue weighted by molar-refractivity contribution is -0.137. The number of carboxylic acid groups (broad SMARTS) is 1. The minimum Gasteiger partial charge on any atom is -0.481 e. The molecular formula is C15H23N3O3. The van der Waals surface area contributed by atoms with Crippen LogP contribution in [-0.4, -0.2) is 43.3 Å². The fourth-order valence-corrected chi connectivity index (χ4v) is 1.80. The summed E-state index contributed by atoms with van der Waals surface area (Å²) in [5.41, 5.74) is 1.09. The van der Waals surface area contributed by atoms with Gasteiger partial charge in [-0.3, -0.25) is 4.79 Å². The van der Waals surface area contributed by atoms with E-state index in [9.17, 15) is 9.59 Å². The number of carbonyl (C=O) groups is 2. The second-order valence-corrected chi connectivity index (χ2v) is 4.93. The van der Waals surface area contributed by atoms with Gasteiger partial charge in [0.05, 0.1) is 0 Å². The predicted molar refractivity (Wildman–Crippen MR) is 82.6 cm³/mol. The largest absolute Gasteiger partial charge is 0.481 e. The van der Waals surface area contributed by atoms with Crippen LogP contribution >= 0.6 is 0 Å². The van der Waals surface area contributed by atoms with E-state index >= 15 is 0 Å². The quantitative estimate of drug-likeness (QED) is 0.637. The molecule has 0 aliphatic carbocycles. The number of anilines is 1. The molecule has 0 fully saturated rings. The number of hydrogen-bond acceptors (Lipinski definition) is 3. The summed E-state index contributed by atoms with van der Waals surface area (Å²) in [4.78, 5) is 24.0. The molecule has 3 N–H and O–H groups in total. The van der Waals surface area contributed by atoms with Crippen molar-refractivity contribution in [2.45, 2.75) is 25.8 Å². The highest BCUT2D eigenvalue weighted by atomic mass is 16.4. The third-order valence-corrected chi connectivity index (χ3v) is 3.24. The van der Waals surface area contributed by atoms with Gasteiger partial charge in [-0.2, -0.15) is 0 Å². The first-order chi connectivity index (χ1) is 10.0.